The van der Waals surface area contributed by atoms with E-state index in [2.05, 4.69) is 0 Å². The number of benzene rings is 2. The number of carbonyl (C=O) groups excluding carboxylic acids is 1. The highest BCUT2D eigenvalue weighted by molar-refractivity contribution is 7.25. The number of carbonyl (C=O) groups is 1. The predicted molar refractivity (Wildman–Crippen MR) is 113 cm³/mol. The van der Waals surface area contributed by atoms with E-state index in [1.165, 1.54) is 11.3 Å². The van der Waals surface area contributed by atoms with Crippen LogP contribution < -0.4 is 10.5 Å². The number of anilines is 1. The van der Waals surface area contributed by atoms with Crippen molar-refractivity contribution in [2.45, 2.75) is 32.4 Å². The molecule has 3 heterocycles. The molecule has 0 radical (unpaired) electrons. The van der Waals surface area contributed by atoms with E-state index in [-0.39, 0.29) is 17.5 Å². The lowest BCUT2D eigenvalue weighted by Gasteiger charge is -2.19. The average molecular weight is 389 g/mol. The molecule has 28 heavy (non-hydrogen) atoms. The van der Waals surface area contributed by atoms with Gasteiger partial charge in [-0.3, -0.25) is 19.1 Å². The molecule has 0 aliphatic carbocycles. The first-order valence-electron chi connectivity index (χ1n) is 9.37. The molecule has 1 aliphatic heterocycles. The summed E-state index contributed by atoms with van der Waals surface area (Å²) in [5.41, 5.74) is 1.59. The second-order valence-electron chi connectivity index (χ2n) is 7.37. The molecule has 140 valence electrons. The summed E-state index contributed by atoms with van der Waals surface area (Å²) in [5, 5.41) is 0.964. The number of hydrogen-bond donors (Lipinski definition) is 0. The Morgan fingerprint density at radius 1 is 1.04 bits per heavy atom. The summed E-state index contributed by atoms with van der Waals surface area (Å²) in [6.45, 7) is 3.91. The molecule has 0 spiro atoms. The molecular formula is C22H19N3O2S. The first-order chi connectivity index (χ1) is 13.6. The first-order valence-corrected chi connectivity index (χ1v) is 10.2. The monoisotopic (exact) mass is 389 g/mol. The van der Waals surface area contributed by atoms with Crippen LogP contribution in [0.25, 0.3) is 20.3 Å². The van der Waals surface area contributed by atoms with Gasteiger partial charge >= 0.3 is 0 Å². The van der Waals surface area contributed by atoms with Gasteiger partial charge in [0, 0.05) is 22.5 Å². The Labute approximate surface area is 165 Å². The molecular weight excluding hydrogens is 370 g/mol. The highest BCUT2D eigenvalue weighted by Gasteiger charge is 2.41. The van der Waals surface area contributed by atoms with Crippen LogP contribution in [0.2, 0.25) is 0 Å². The zero-order valence-corrected chi connectivity index (χ0v) is 16.4. The zero-order chi connectivity index (χ0) is 19.4. The van der Waals surface area contributed by atoms with Crippen LogP contribution in [-0.2, 0) is 11.2 Å². The maximum Gasteiger partial charge on any atom is 0.273 e. The van der Waals surface area contributed by atoms with Crippen LogP contribution in [0.5, 0.6) is 0 Å². The van der Waals surface area contributed by atoms with Gasteiger partial charge in [-0.1, -0.05) is 48.5 Å². The van der Waals surface area contributed by atoms with E-state index in [4.69, 9.17) is 4.98 Å². The van der Waals surface area contributed by atoms with Crippen molar-refractivity contribution in [1.29, 1.82) is 0 Å². The molecule has 1 atom stereocenters. The van der Waals surface area contributed by atoms with Crippen LogP contribution in [-0.4, -0.2) is 21.5 Å². The van der Waals surface area contributed by atoms with Crippen LogP contribution in [0, 0.1) is 0 Å². The van der Waals surface area contributed by atoms with E-state index in [9.17, 15) is 9.59 Å². The Bertz CT molecular complexity index is 1270. The fraction of sp³-hybridized carbons (Fsp3) is 0.227. The van der Waals surface area contributed by atoms with Gasteiger partial charge in [0.05, 0.1) is 5.52 Å². The zero-order valence-electron chi connectivity index (χ0n) is 15.6. The third-order valence-corrected chi connectivity index (χ3v) is 6.40. The van der Waals surface area contributed by atoms with Crippen molar-refractivity contribution in [3.8, 4) is 0 Å². The topological polar surface area (TPSA) is 55.2 Å². The van der Waals surface area contributed by atoms with E-state index >= 15 is 0 Å². The van der Waals surface area contributed by atoms with Gasteiger partial charge in [-0.15, -0.1) is 11.3 Å². The second-order valence-corrected chi connectivity index (χ2v) is 8.42. The lowest BCUT2D eigenvalue weighted by atomic mass is 10.1. The molecule has 5 rings (SSSR count). The molecule has 4 aromatic rings. The standard InChI is InChI=1S/C22H19N3O2S/c1-13(2)24-20(26)16(12-14-8-4-3-5-9-14)25-21(27)19-18(23-22(24)25)15-10-6-7-11-17(15)28-19/h3-11,13,16H,12H2,1-2H3. The van der Waals surface area contributed by atoms with Crippen molar-refractivity contribution in [2.24, 2.45) is 0 Å². The highest BCUT2D eigenvalue weighted by atomic mass is 32.1. The minimum absolute atomic E-state index is 0.0644. The van der Waals surface area contributed by atoms with Crippen molar-refractivity contribution in [3.05, 3.63) is 70.5 Å². The van der Waals surface area contributed by atoms with E-state index in [0.29, 0.717) is 22.6 Å². The van der Waals surface area contributed by atoms with Crippen LogP contribution in [0.4, 0.5) is 5.95 Å². The molecule has 2 aromatic heterocycles. The summed E-state index contributed by atoms with van der Waals surface area (Å²) in [4.78, 5) is 33.2. The van der Waals surface area contributed by atoms with Crippen molar-refractivity contribution in [2.75, 3.05) is 4.90 Å². The van der Waals surface area contributed by atoms with E-state index < -0.39 is 6.04 Å². The van der Waals surface area contributed by atoms with Crippen molar-refractivity contribution >= 4 is 43.5 Å². The van der Waals surface area contributed by atoms with Gasteiger partial charge in [0.1, 0.15) is 10.7 Å². The molecule has 0 bridgehead atoms. The van der Waals surface area contributed by atoms with Gasteiger partial charge in [0.15, 0.2) is 0 Å². The van der Waals surface area contributed by atoms with Gasteiger partial charge in [0.2, 0.25) is 5.95 Å². The van der Waals surface area contributed by atoms with E-state index in [0.717, 1.165) is 15.6 Å². The number of fused-ring (bicyclic) bond motifs is 4. The number of amides is 1. The van der Waals surface area contributed by atoms with Crippen LogP contribution in [0.3, 0.4) is 0 Å². The fourth-order valence-electron chi connectivity index (χ4n) is 3.96. The number of nitrogens with zero attached hydrogens (tertiary/aromatic N) is 3. The van der Waals surface area contributed by atoms with Gasteiger partial charge in [-0.05, 0) is 25.5 Å². The quantitative estimate of drug-likeness (QED) is 0.529. The van der Waals surface area contributed by atoms with Crippen molar-refractivity contribution < 1.29 is 4.79 Å². The van der Waals surface area contributed by atoms with Crippen molar-refractivity contribution in [3.63, 3.8) is 0 Å². The highest BCUT2D eigenvalue weighted by Crippen LogP contribution is 2.36. The summed E-state index contributed by atoms with van der Waals surface area (Å²) in [6.07, 6.45) is 0.480. The minimum atomic E-state index is -0.561. The Morgan fingerprint density at radius 2 is 1.75 bits per heavy atom. The van der Waals surface area contributed by atoms with Gasteiger partial charge in [-0.25, -0.2) is 4.98 Å². The van der Waals surface area contributed by atoms with Gasteiger partial charge in [0.25, 0.3) is 11.5 Å². The smallest absolute Gasteiger partial charge is 0.273 e. The maximum atomic E-state index is 13.5. The Morgan fingerprint density at radius 3 is 2.50 bits per heavy atom. The average Bonchev–Trinajstić information content (AvgIpc) is 3.19. The minimum Gasteiger partial charge on any atom is -0.278 e. The van der Waals surface area contributed by atoms with Crippen LogP contribution in [0.15, 0.2) is 59.4 Å². The Hall–Kier alpha value is -2.99. The molecule has 0 fully saturated rings. The molecule has 0 N–H and O–H groups in total. The lowest BCUT2D eigenvalue weighted by molar-refractivity contribution is -0.120. The molecule has 1 amide bonds. The molecule has 5 nitrogen and oxygen atoms in total. The normalized spacial score (nSPS) is 16.5. The van der Waals surface area contributed by atoms with E-state index in [1.807, 2.05) is 68.4 Å². The fourth-order valence-corrected chi connectivity index (χ4v) is 5.04. The summed E-state index contributed by atoms with van der Waals surface area (Å²) in [5.74, 6) is 0.396. The van der Waals surface area contributed by atoms with Crippen LogP contribution in [0.1, 0.15) is 25.5 Å². The Kier molecular flexibility index (Phi) is 3.84. The number of hydrogen-bond acceptors (Lipinski definition) is 4. The number of rotatable bonds is 3. The van der Waals surface area contributed by atoms with Crippen molar-refractivity contribution in [1.82, 2.24) is 9.55 Å². The van der Waals surface area contributed by atoms with E-state index in [1.54, 1.807) is 9.47 Å². The Balaban J connectivity index is 1.77. The predicted octanol–water partition coefficient (Wildman–Crippen LogP) is 4.15. The molecule has 6 heteroatoms. The lowest BCUT2D eigenvalue weighted by Crippen LogP contribution is -2.35. The summed E-state index contributed by atoms with van der Waals surface area (Å²) in [6, 6.07) is 17.1. The molecule has 2 aromatic carbocycles. The summed E-state index contributed by atoms with van der Waals surface area (Å²) >= 11 is 1.45. The number of aromatic nitrogens is 2. The van der Waals surface area contributed by atoms with Gasteiger partial charge in [-0.2, -0.15) is 0 Å². The number of thiophene rings is 1. The third-order valence-electron chi connectivity index (χ3n) is 5.25. The first kappa shape index (κ1) is 17.1. The SMILES string of the molecule is CC(C)N1C(=O)C(Cc2ccccc2)n2c1nc1c(sc3ccccc31)c2=O. The summed E-state index contributed by atoms with van der Waals surface area (Å²) in [7, 11) is 0. The van der Waals surface area contributed by atoms with Crippen LogP contribution >= 0.6 is 11.3 Å². The molecule has 0 saturated heterocycles. The molecule has 0 saturated carbocycles. The maximum absolute atomic E-state index is 13.5. The van der Waals surface area contributed by atoms with Gasteiger partial charge < -0.3 is 0 Å². The summed E-state index contributed by atoms with van der Waals surface area (Å²) < 4.78 is 3.25. The largest absolute Gasteiger partial charge is 0.278 e. The molecule has 1 unspecified atom stereocenters. The third kappa shape index (κ3) is 2.41. The molecule has 1 aliphatic rings. The second kappa shape index (κ2) is 6.27.